The molecular formula is C7H4BrClN2. The van der Waals surface area contributed by atoms with E-state index in [2.05, 4.69) is 26.2 Å². The average Bonchev–Trinajstić information content (AvgIpc) is 2.34. The Balaban J connectivity index is 2.66. The largest absolute Gasteiger partial charge is 0.184 e. The van der Waals surface area contributed by atoms with Gasteiger partial charge in [-0.15, -0.1) is 0 Å². The monoisotopic (exact) mass is 230 g/mol. The summed E-state index contributed by atoms with van der Waals surface area (Å²) in [5, 5.41) is 8.51. The Hall–Kier alpha value is -0.410. The number of benzene rings is 1. The van der Waals surface area contributed by atoms with Crippen molar-refractivity contribution in [1.82, 2.24) is 0 Å². The molecule has 0 unspecified atom stereocenters. The first-order valence-corrected chi connectivity index (χ1v) is 4.30. The number of hydrogen-bond acceptors (Lipinski definition) is 2. The van der Waals surface area contributed by atoms with E-state index in [0.717, 1.165) is 15.7 Å². The van der Waals surface area contributed by atoms with E-state index in [4.69, 9.17) is 11.6 Å². The molecule has 2 rings (SSSR count). The van der Waals surface area contributed by atoms with Crippen molar-refractivity contribution in [2.45, 2.75) is 6.54 Å². The third kappa shape index (κ3) is 1.19. The topological polar surface area (TPSA) is 24.7 Å². The molecule has 0 saturated heterocycles. The van der Waals surface area contributed by atoms with Crippen LogP contribution in [0.1, 0.15) is 5.56 Å². The van der Waals surface area contributed by atoms with Crippen LogP contribution >= 0.6 is 27.5 Å². The van der Waals surface area contributed by atoms with Gasteiger partial charge < -0.3 is 0 Å². The first kappa shape index (κ1) is 7.25. The van der Waals surface area contributed by atoms with E-state index in [1.54, 1.807) is 0 Å². The van der Waals surface area contributed by atoms with Crippen LogP contribution in [0.4, 0.5) is 5.69 Å². The molecular weight excluding hydrogens is 227 g/mol. The summed E-state index contributed by atoms with van der Waals surface area (Å²) in [4.78, 5) is 0. The minimum Gasteiger partial charge on any atom is -0.184 e. The minimum absolute atomic E-state index is 0.660. The first-order valence-electron chi connectivity index (χ1n) is 3.13. The maximum absolute atomic E-state index is 5.80. The molecule has 1 aromatic carbocycles. The summed E-state index contributed by atoms with van der Waals surface area (Å²) >= 11 is 9.19. The van der Waals surface area contributed by atoms with Crippen LogP contribution in [0.15, 0.2) is 26.8 Å². The fraction of sp³-hybridized carbons (Fsp3) is 0.143. The van der Waals surface area contributed by atoms with E-state index in [-0.39, 0.29) is 0 Å². The smallest absolute Gasteiger partial charge is 0.0930 e. The van der Waals surface area contributed by atoms with Gasteiger partial charge in [-0.25, -0.2) is 0 Å². The predicted octanol–water partition coefficient (Wildman–Crippen LogP) is 3.70. The highest BCUT2D eigenvalue weighted by Crippen LogP contribution is 2.35. The zero-order chi connectivity index (χ0) is 7.84. The van der Waals surface area contributed by atoms with Crippen molar-refractivity contribution >= 4 is 33.2 Å². The molecule has 0 spiro atoms. The lowest BCUT2D eigenvalue weighted by Gasteiger charge is -1.98. The fourth-order valence-electron chi connectivity index (χ4n) is 1.02. The second-order valence-corrected chi connectivity index (χ2v) is 3.58. The predicted molar refractivity (Wildman–Crippen MR) is 47.4 cm³/mol. The van der Waals surface area contributed by atoms with Crippen LogP contribution in [0.5, 0.6) is 0 Å². The van der Waals surface area contributed by atoms with Crippen molar-refractivity contribution in [1.29, 1.82) is 0 Å². The average molecular weight is 231 g/mol. The number of hydrogen-bond donors (Lipinski definition) is 0. The molecule has 0 aliphatic carbocycles. The van der Waals surface area contributed by atoms with E-state index in [1.807, 2.05) is 12.1 Å². The first-order chi connectivity index (χ1) is 5.27. The van der Waals surface area contributed by atoms with Crippen molar-refractivity contribution in [3.63, 3.8) is 0 Å². The lowest BCUT2D eigenvalue weighted by Crippen LogP contribution is -1.78. The normalized spacial score (nSPS) is 13.6. The summed E-state index contributed by atoms with van der Waals surface area (Å²) < 4.78 is 0.991. The second kappa shape index (κ2) is 2.57. The molecule has 0 fully saturated rings. The van der Waals surface area contributed by atoms with Crippen molar-refractivity contribution < 1.29 is 0 Å². The number of halogens is 2. The van der Waals surface area contributed by atoms with Crippen molar-refractivity contribution in [2.75, 3.05) is 0 Å². The van der Waals surface area contributed by atoms with Crippen LogP contribution in [0.25, 0.3) is 0 Å². The van der Waals surface area contributed by atoms with Gasteiger partial charge in [-0.2, -0.15) is 10.2 Å². The molecule has 1 aliphatic heterocycles. The van der Waals surface area contributed by atoms with Gasteiger partial charge in [0.05, 0.1) is 12.2 Å². The van der Waals surface area contributed by atoms with Crippen LogP contribution in [-0.4, -0.2) is 0 Å². The summed E-state index contributed by atoms with van der Waals surface area (Å²) in [6.45, 7) is 0.660. The van der Waals surface area contributed by atoms with Crippen molar-refractivity contribution in [2.24, 2.45) is 10.2 Å². The Bertz CT molecular complexity index is 335. The zero-order valence-electron chi connectivity index (χ0n) is 5.51. The summed E-state index contributed by atoms with van der Waals surface area (Å²) in [5.74, 6) is 0. The number of rotatable bonds is 0. The van der Waals surface area contributed by atoms with Crippen LogP contribution in [-0.2, 0) is 6.54 Å². The molecule has 1 aromatic rings. The Morgan fingerprint density at radius 2 is 2.27 bits per heavy atom. The van der Waals surface area contributed by atoms with Crippen LogP contribution < -0.4 is 0 Å². The van der Waals surface area contributed by atoms with E-state index >= 15 is 0 Å². The van der Waals surface area contributed by atoms with Gasteiger partial charge in [0.15, 0.2) is 0 Å². The van der Waals surface area contributed by atoms with Gasteiger partial charge >= 0.3 is 0 Å². The highest BCUT2D eigenvalue weighted by molar-refractivity contribution is 9.10. The van der Waals surface area contributed by atoms with Crippen LogP contribution in [0, 0.1) is 0 Å². The Labute approximate surface area is 77.4 Å². The van der Waals surface area contributed by atoms with Gasteiger partial charge in [0.1, 0.15) is 0 Å². The Morgan fingerprint density at radius 1 is 1.45 bits per heavy atom. The maximum Gasteiger partial charge on any atom is 0.0930 e. The molecule has 1 aliphatic rings. The molecule has 0 N–H and O–H groups in total. The molecule has 0 aromatic heterocycles. The van der Waals surface area contributed by atoms with Crippen molar-refractivity contribution in [3.05, 3.63) is 27.2 Å². The van der Waals surface area contributed by atoms with Crippen LogP contribution in [0.2, 0.25) is 5.02 Å². The van der Waals surface area contributed by atoms with E-state index in [1.165, 1.54) is 0 Å². The fourth-order valence-corrected chi connectivity index (χ4v) is 1.94. The molecule has 0 atom stereocenters. The summed E-state index contributed by atoms with van der Waals surface area (Å²) in [6, 6.07) is 3.68. The van der Waals surface area contributed by atoms with Gasteiger partial charge in [0, 0.05) is 15.1 Å². The highest BCUT2D eigenvalue weighted by Gasteiger charge is 2.11. The molecule has 56 valence electrons. The van der Waals surface area contributed by atoms with E-state index in [0.29, 0.717) is 11.6 Å². The molecule has 0 bridgehead atoms. The third-order valence-corrected chi connectivity index (χ3v) is 2.47. The molecule has 0 radical (unpaired) electrons. The SMILES string of the molecule is Clc1cc(Br)c2c(c1)N=NC2. The van der Waals surface area contributed by atoms with Gasteiger partial charge in [0.25, 0.3) is 0 Å². The summed E-state index contributed by atoms with van der Waals surface area (Å²) in [5.41, 5.74) is 2.00. The number of azo groups is 1. The molecule has 0 saturated carbocycles. The lowest BCUT2D eigenvalue weighted by atomic mass is 10.2. The minimum atomic E-state index is 0.660. The number of nitrogens with zero attached hydrogens (tertiary/aromatic N) is 2. The van der Waals surface area contributed by atoms with E-state index in [9.17, 15) is 0 Å². The quantitative estimate of drug-likeness (QED) is 0.650. The number of fused-ring (bicyclic) bond motifs is 1. The standard InChI is InChI=1S/C7H4BrClN2/c8-6-1-4(9)2-7-5(6)3-10-11-7/h1-2H,3H2. The maximum atomic E-state index is 5.80. The molecule has 0 amide bonds. The highest BCUT2D eigenvalue weighted by atomic mass is 79.9. The zero-order valence-corrected chi connectivity index (χ0v) is 7.85. The summed E-state index contributed by atoms with van der Waals surface area (Å²) in [6.07, 6.45) is 0. The van der Waals surface area contributed by atoms with Gasteiger partial charge in [0.2, 0.25) is 0 Å². The van der Waals surface area contributed by atoms with Crippen molar-refractivity contribution in [3.8, 4) is 0 Å². The molecule has 11 heavy (non-hydrogen) atoms. The Morgan fingerprint density at radius 3 is 3.09 bits per heavy atom. The van der Waals surface area contributed by atoms with E-state index < -0.39 is 0 Å². The second-order valence-electron chi connectivity index (χ2n) is 2.28. The molecule has 2 nitrogen and oxygen atoms in total. The lowest BCUT2D eigenvalue weighted by molar-refractivity contribution is 1.04. The van der Waals surface area contributed by atoms with Crippen LogP contribution in [0.3, 0.4) is 0 Å². The van der Waals surface area contributed by atoms with Gasteiger partial charge in [-0.3, -0.25) is 0 Å². The third-order valence-electron chi connectivity index (χ3n) is 1.54. The van der Waals surface area contributed by atoms with Gasteiger partial charge in [-0.05, 0) is 12.1 Å². The molecule has 4 heteroatoms. The molecule has 1 heterocycles. The van der Waals surface area contributed by atoms with Gasteiger partial charge in [-0.1, -0.05) is 27.5 Å². The summed E-state index contributed by atoms with van der Waals surface area (Å²) in [7, 11) is 0. The Kier molecular flexibility index (Phi) is 1.69.